The molecule has 0 spiro atoms. The van der Waals surface area contributed by atoms with Gasteiger partial charge >= 0.3 is 0 Å². The molecule has 1 aliphatic carbocycles. The predicted octanol–water partition coefficient (Wildman–Crippen LogP) is 2.38. The molecule has 4 heteroatoms. The molecule has 0 saturated heterocycles. The fourth-order valence-corrected chi connectivity index (χ4v) is 2.44. The van der Waals surface area contributed by atoms with Crippen molar-refractivity contribution in [3.8, 4) is 6.07 Å². The Morgan fingerprint density at radius 2 is 2.19 bits per heavy atom. The van der Waals surface area contributed by atoms with Gasteiger partial charge in [0.2, 0.25) is 0 Å². The summed E-state index contributed by atoms with van der Waals surface area (Å²) in [5.74, 6) is 0.457. The highest BCUT2D eigenvalue weighted by Gasteiger charge is 2.23. The summed E-state index contributed by atoms with van der Waals surface area (Å²) in [6.07, 6.45) is 7.89. The van der Waals surface area contributed by atoms with E-state index in [1.165, 1.54) is 19.3 Å². The molecule has 1 fully saturated rings. The lowest BCUT2D eigenvalue weighted by atomic mass is 9.86. The molecule has 0 amide bonds. The second kappa shape index (κ2) is 4.93. The van der Waals surface area contributed by atoms with Crippen LogP contribution in [-0.2, 0) is 6.54 Å². The summed E-state index contributed by atoms with van der Waals surface area (Å²) in [6, 6.07) is 2.14. The quantitative estimate of drug-likeness (QED) is 0.729. The van der Waals surface area contributed by atoms with Gasteiger partial charge in [0.05, 0.1) is 12.2 Å². The van der Waals surface area contributed by atoms with Crippen molar-refractivity contribution in [3.05, 3.63) is 24.0 Å². The molecule has 1 aliphatic rings. The topological polar surface area (TPSA) is 54.5 Å². The Bertz CT molecular complexity index is 407. The molecule has 84 valence electrons. The number of allylic oxidation sites excluding steroid dienone is 1. The van der Waals surface area contributed by atoms with E-state index in [1.807, 2.05) is 4.68 Å². The molecule has 1 aromatic heterocycles. The molecule has 0 aromatic carbocycles. The number of hydrogen-bond donors (Lipinski definition) is 0. The third-order valence-electron chi connectivity index (χ3n) is 3.17. The van der Waals surface area contributed by atoms with Crippen LogP contribution in [0.15, 0.2) is 12.7 Å². The minimum Gasteiger partial charge on any atom is -0.244 e. The van der Waals surface area contributed by atoms with E-state index < -0.39 is 0 Å². The zero-order valence-corrected chi connectivity index (χ0v) is 9.39. The highest BCUT2D eigenvalue weighted by Crippen LogP contribution is 2.33. The van der Waals surface area contributed by atoms with Gasteiger partial charge in [0.25, 0.3) is 0 Å². The van der Waals surface area contributed by atoms with Crippen LogP contribution in [0.5, 0.6) is 0 Å². The molecule has 16 heavy (non-hydrogen) atoms. The second-order valence-corrected chi connectivity index (χ2v) is 4.24. The number of nitrogens with zero attached hydrogens (tertiary/aromatic N) is 4. The molecule has 1 saturated carbocycles. The zero-order valence-electron chi connectivity index (χ0n) is 9.39. The Labute approximate surface area is 95.6 Å². The van der Waals surface area contributed by atoms with E-state index in [1.54, 1.807) is 6.08 Å². The summed E-state index contributed by atoms with van der Waals surface area (Å²) < 4.78 is 1.82. The Balaban J connectivity index is 2.31. The fraction of sp³-hybridized carbons (Fsp3) is 0.583. The molecule has 1 aromatic rings. The van der Waals surface area contributed by atoms with E-state index >= 15 is 0 Å². The molecule has 0 bridgehead atoms. The van der Waals surface area contributed by atoms with Crippen LogP contribution in [0, 0.1) is 11.3 Å². The average Bonchev–Trinajstić information content (AvgIpc) is 2.74. The number of hydrogen-bond acceptors (Lipinski definition) is 3. The zero-order chi connectivity index (χ0) is 11.4. The first-order valence-corrected chi connectivity index (χ1v) is 5.81. The van der Waals surface area contributed by atoms with Crippen LogP contribution in [0.25, 0.3) is 0 Å². The SMILES string of the molecule is C=CCn1nnc(C#N)c1C1CCCCC1. The molecule has 0 aliphatic heterocycles. The standard InChI is InChI=1S/C12H16N4/c1-2-8-16-12(11(9-13)14-15-16)10-6-4-3-5-7-10/h2,10H,1,3-8H2. The third-order valence-corrected chi connectivity index (χ3v) is 3.17. The Morgan fingerprint density at radius 3 is 2.81 bits per heavy atom. The lowest BCUT2D eigenvalue weighted by molar-refractivity contribution is 0.419. The van der Waals surface area contributed by atoms with Gasteiger partial charge in [0.1, 0.15) is 6.07 Å². The van der Waals surface area contributed by atoms with Crippen molar-refractivity contribution in [2.45, 2.75) is 44.6 Å². The van der Waals surface area contributed by atoms with Crippen LogP contribution in [0.3, 0.4) is 0 Å². The monoisotopic (exact) mass is 216 g/mol. The highest BCUT2D eigenvalue weighted by atomic mass is 15.4. The first-order valence-electron chi connectivity index (χ1n) is 5.81. The summed E-state index contributed by atoms with van der Waals surface area (Å²) >= 11 is 0. The fourth-order valence-electron chi connectivity index (χ4n) is 2.44. The summed E-state index contributed by atoms with van der Waals surface area (Å²) in [6.45, 7) is 4.35. The molecule has 0 radical (unpaired) electrons. The summed E-state index contributed by atoms with van der Waals surface area (Å²) in [7, 11) is 0. The van der Waals surface area contributed by atoms with Gasteiger partial charge < -0.3 is 0 Å². The molecule has 0 N–H and O–H groups in total. The largest absolute Gasteiger partial charge is 0.244 e. The molecule has 0 unspecified atom stereocenters. The van der Waals surface area contributed by atoms with E-state index in [0.29, 0.717) is 18.2 Å². The number of rotatable bonds is 3. The van der Waals surface area contributed by atoms with Crippen LogP contribution < -0.4 is 0 Å². The minimum atomic E-state index is 0.457. The Hall–Kier alpha value is -1.63. The van der Waals surface area contributed by atoms with Crippen molar-refractivity contribution in [1.82, 2.24) is 15.0 Å². The third kappa shape index (κ3) is 1.99. The van der Waals surface area contributed by atoms with E-state index in [0.717, 1.165) is 18.5 Å². The normalized spacial score (nSPS) is 16.9. The van der Waals surface area contributed by atoms with Gasteiger partial charge in [-0.1, -0.05) is 30.6 Å². The van der Waals surface area contributed by atoms with Crippen LogP contribution in [-0.4, -0.2) is 15.0 Å². The lowest BCUT2D eigenvalue weighted by Crippen LogP contribution is -2.12. The molecule has 1 heterocycles. The maximum atomic E-state index is 9.04. The second-order valence-electron chi connectivity index (χ2n) is 4.24. The van der Waals surface area contributed by atoms with Gasteiger partial charge in [-0.25, -0.2) is 4.68 Å². The first-order chi connectivity index (χ1) is 7.86. The van der Waals surface area contributed by atoms with E-state index in [2.05, 4.69) is 23.0 Å². The Kier molecular flexibility index (Phi) is 3.35. The highest BCUT2D eigenvalue weighted by molar-refractivity contribution is 5.28. The van der Waals surface area contributed by atoms with E-state index in [-0.39, 0.29) is 0 Å². The molecule has 4 nitrogen and oxygen atoms in total. The summed E-state index contributed by atoms with van der Waals surface area (Å²) in [5, 5.41) is 17.0. The maximum Gasteiger partial charge on any atom is 0.186 e. The van der Waals surface area contributed by atoms with Gasteiger partial charge in [-0.15, -0.1) is 11.7 Å². The summed E-state index contributed by atoms with van der Waals surface area (Å²) in [5.41, 5.74) is 1.51. The number of aromatic nitrogens is 3. The van der Waals surface area contributed by atoms with Gasteiger partial charge in [0.15, 0.2) is 5.69 Å². The van der Waals surface area contributed by atoms with Crippen molar-refractivity contribution in [1.29, 1.82) is 5.26 Å². The van der Waals surface area contributed by atoms with E-state index in [9.17, 15) is 0 Å². The van der Waals surface area contributed by atoms with Crippen molar-refractivity contribution in [2.75, 3.05) is 0 Å². The van der Waals surface area contributed by atoms with Crippen molar-refractivity contribution < 1.29 is 0 Å². The maximum absolute atomic E-state index is 9.04. The van der Waals surface area contributed by atoms with Gasteiger partial charge in [-0.05, 0) is 12.8 Å². The molecule has 0 atom stereocenters. The van der Waals surface area contributed by atoms with E-state index in [4.69, 9.17) is 5.26 Å². The molecular weight excluding hydrogens is 200 g/mol. The smallest absolute Gasteiger partial charge is 0.186 e. The van der Waals surface area contributed by atoms with Crippen LogP contribution in [0.2, 0.25) is 0 Å². The van der Waals surface area contributed by atoms with Gasteiger partial charge in [0, 0.05) is 5.92 Å². The average molecular weight is 216 g/mol. The minimum absolute atomic E-state index is 0.457. The lowest BCUT2D eigenvalue weighted by Gasteiger charge is -2.21. The molecular formula is C12H16N4. The van der Waals surface area contributed by atoms with Gasteiger partial charge in [-0.2, -0.15) is 5.26 Å². The Morgan fingerprint density at radius 1 is 1.44 bits per heavy atom. The number of nitriles is 1. The van der Waals surface area contributed by atoms with Crippen molar-refractivity contribution >= 4 is 0 Å². The van der Waals surface area contributed by atoms with Crippen LogP contribution in [0.1, 0.15) is 49.4 Å². The van der Waals surface area contributed by atoms with Gasteiger partial charge in [-0.3, -0.25) is 0 Å². The predicted molar refractivity (Wildman–Crippen MR) is 60.8 cm³/mol. The van der Waals surface area contributed by atoms with Crippen LogP contribution >= 0.6 is 0 Å². The molecule has 2 rings (SSSR count). The van der Waals surface area contributed by atoms with Crippen molar-refractivity contribution in [2.24, 2.45) is 0 Å². The summed E-state index contributed by atoms with van der Waals surface area (Å²) in [4.78, 5) is 0. The van der Waals surface area contributed by atoms with Crippen LogP contribution in [0.4, 0.5) is 0 Å². The first kappa shape index (κ1) is 10.9. The van der Waals surface area contributed by atoms with Crippen molar-refractivity contribution in [3.63, 3.8) is 0 Å².